The second kappa shape index (κ2) is 9.78. The van der Waals surface area contributed by atoms with Crippen LogP contribution in [-0.4, -0.2) is 47.1 Å². The minimum Gasteiger partial charge on any atom is -0.492 e. The van der Waals surface area contributed by atoms with Gasteiger partial charge in [-0.2, -0.15) is 8.42 Å². The van der Waals surface area contributed by atoms with E-state index in [4.69, 9.17) is 29.6 Å². The third-order valence-corrected chi connectivity index (χ3v) is 5.55. The van der Waals surface area contributed by atoms with Crippen LogP contribution in [0.2, 0.25) is 0 Å². The molecule has 3 N–H and O–H groups in total. The van der Waals surface area contributed by atoms with Gasteiger partial charge in [0.1, 0.15) is 0 Å². The minimum absolute atomic E-state index is 0.110. The lowest BCUT2D eigenvalue weighted by atomic mass is 10.2. The van der Waals surface area contributed by atoms with Crippen LogP contribution in [0.3, 0.4) is 0 Å². The van der Waals surface area contributed by atoms with Crippen LogP contribution in [-0.2, 0) is 14.4 Å². The van der Waals surface area contributed by atoms with Gasteiger partial charge in [-0.1, -0.05) is 22.9 Å². The Labute approximate surface area is 182 Å². The minimum atomic E-state index is -4.27. The molecule has 0 fully saturated rings. The first-order valence-electron chi connectivity index (χ1n) is 8.32. The number of hydrogen-bond donors (Lipinski definition) is 2. The van der Waals surface area contributed by atoms with Crippen molar-refractivity contribution >= 4 is 38.2 Å². The number of hydroxylamine groups is 1. The predicted octanol–water partition coefficient (Wildman–Crippen LogP) is 2.63. The molecule has 0 aromatic heterocycles. The number of ether oxygens (including phenoxy) is 3. The van der Waals surface area contributed by atoms with Gasteiger partial charge < -0.3 is 19.9 Å². The van der Waals surface area contributed by atoms with Crippen molar-refractivity contribution in [1.82, 2.24) is 5.17 Å². The first-order chi connectivity index (χ1) is 14.1. The lowest BCUT2D eigenvalue weighted by molar-refractivity contribution is 0.0284. The third kappa shape index (κ3) is 5.20. The Bertz CT molecular complexity index is 1060. The number of rotatable bonds is 8. The van der Waals surface area contributed by atoms with Crippen LogP contribution in [0.1, 0.15) is 11.1 Å². The average Bonchev–Trinajstić information content (AvgIpc) is 2.70. The highest BCUT2D eigenvalue weighted by Gasteiger charge is 2.23. The van der Waals surface area contributed by atoms with Gasteiger partial charge in [0.15, 0.2) is 11.5 Å². The monoisotopic (exact) mass is 500 g/mol. The highest BCUT2D eigenvalue weighted by Crippen LogP contribution is 2.44. The molecule has 30 heavy (non-hydrogen) atoms. The van der Waals surface area contributed by atoms with E-state index in [9.17, 15) is 8.42 Å². The smallest absolute Gasteiger partial charge is 0.319 e. The zero-order valence-electron chi connectivity index (χ0n) is 16.7. The summed E-state index contributed by atoms with van der Waals surface area (Å²) in [7, 11) is 0.0601. The molecule has 12 heteroatoms. The van der Waals surface area contributed by atoms with Crippen LogP contribution in [0.15, 0.2) is 44.8 Å². The van der Waals surface area contributed by atoms with E-state index in [2.05, 4.69) is 21.0 Å². The van der Waals surface area contributed by atoms with Crippen LogP contribution in [0.5, 0.6) is 17.2 Å². The lowest BCUT2D eigenvalue weighted by Gasteiger charge is -2.17. The molecule has 0 atom stereocenters. The molecular formula is C18H21BrN4O6S. The summed E-state index contributed by atoms with van der Waals surface area (Å²) in [4.78, 5) is -0.110. The van der Waals surface area contributed by atoms with Crippen LogP contribution >= 0.6 is 15.9 Å². The van der Waals surface area contributed by atoms with E-state index >= 15 is 0 Å². The number of aryl methyl sites for hydroxylation is 1. The van der Waals surface area contributed by atoms with E-state index in [1.807, 2.05) is 6.92 Å². The number of guanidine groups is 1. The van der Waals surface area contributed by atoms with E-state index in [0.717, 1.165) is 5.56 Å². The summed E-state index contributed by atoms with van der Waals surface area (Å²) in [5, 5.41) is 11.8. The number of hydrogen-bond acceptors (Lipinski definition) is 8. The van der Waals surface area contributed by atoms with Crippen LogP contribution in [0.25, 0.3) is 0 Å². The zero-order chi connectivity index (χ0) is 22.5. The van der Waals surface area contributed by atoms with Gasteiger partial charge in [0.25, 0.3) is 0 Å². The summed E-state index contributed by atoms with van der Waals surface area (Å²) in [5.41, 5.74) is 6.69. The molecule has 2 aromatic carbocycles. The summed E-state index contributed by atoms with van der Waals surface area (Å²) in [6, 6.07) is 7.59. The third-order valence-electron chi connectivity index (χ3n) is 3.77. The molecule has 2 rings (SSSR count). The number of nitrogens with two attached hydrogens (primary N) is 1. The van der Waals surface area contributed by atoms with Gasteiger partial charge in [0, 0.05) is 5.56 Å². The Kier molecular flexibility index (Phi) is 7.65. The van der Waals surface area contributed by atoms with Crippen molar-refractivity contribution in [1.29, 1.82) is 5.41 Å². The number of methoxy groups -OCH3 is 3. The Morgan fingerprint density at radius 3 is 2.17 bits per heavy atom. The van der Waals surface area contributed by atoms with Gasteiger partial charge in [0.2, 0.25) is 11.7 Å². The fraction of sp³-hybridized carbons (Fsp3) is 0.222. The summed E-state index contributed by atoms with van der Waals surface area (Å²) in [6.45, 7) is 1.82. The molecule has 0 radical (unpaired) electrons. The van der Waals surface area contributed by atoms with Crippen LogP contribution in [0, 0.1) is 12.3 Å². The van der Waals surface area contributed by atoms with Crippen molar-refractivity contribution in [3.8, 4) is 17.2 Å². The fourth-order valence-corrected chi connectivity index (χ4v) is 3.82. The number of hydrazone groups is 1. The largest absolute Gasteiger partial charge is 0.492 e. The molecule has 2 aromatic rings. The molecular weight excluding hydrogens is 480 g/mol. The molecule has 0 amide bonds. The first-order valence-corrected chi connectivity index (χ1v) is 10.5. The number of nitrogens with one attached hydrogen (secondary N) is 1. The van der Waals surface area contributed by atoms with Crippen LogP contribution < -0.4 is 19.9 Å². The van der Waals surface area contributed by atoms with Gasteiger partial charge in [0.05, 0.1) is 36.9 Å². The second-order valence-corrected chi connectivity index (χ2v) is 8.17. The van der Waals surface area contributed by atoms with Crippen molar-refractivity contribution in [3.05, 3.63) is 45.9 Å². The number of benzene rings is 2. The Balaban J connectivity index is 2.41. The van der Waals surface area contributed by atoms with Crippen molar-refractivity contribution in [2.45, 2.75) is 11.8 Å². The second-order valence-electron chi connectivity index (χ2n) is 5.79. The van der Waals surface area contributed by atoms with Gasteiger partial charge in [-0.25, -0.2) is 0 Å². The highest BCUT2D eigenvalue weighted by molar-refractivity contribution is 9.10. The summed E-state index contributed by atoms with van der Waals surface area (Å²) >= 11 is 3.35. The number of nitrogens with zero attached hydrogens (tertiary/aromatic N) is 2. The maximum atomic E-state index is 12.5. The van der Waals surface area contributed by atoms with E-state index in [1.165, 1.54) is 39.7 Å². The molecule has 0 aliphatic rings. The lowest BCUT2D eigenvalue weighted by Crippen LogP contribution is -2.34. The maximum absolute atomic E-state index is 12.5. The zero-order valence-corrected chi connectivity index (χ0v) is 19.1. The molecule has 0 spiro atoms. The van der Waals surface area contributed by atoms with Crippen molar-refractivity contribution in [2.24, 2.45) is 10.8 Å². The van der Waals surface area contributed by atoms with E-state index < -0.39 is 16.1 Å². The Morgan fingerprint density at radius 1 is 1.10 bits per heavy atom. The maximum Gasteiger partial charge on any atom is 0.319 e. The van der Waals surface area contributed by atoms with E-state index in [0.29, 0.717) is 26.7 Å². The van der Waals surface area contributed by atoms with Gasteiger partial charge in [-0.15, -0.1) is 9.39 Å². The van der Waals surface area contributed by atoms with Gasteiger partial charge in [-0.05, 0) is 41.1 Å². The quantitative estimate of drug-likeness (QED) is 0.320. The topological polar surface area (TPSA) is 137 Å². The van der Waals surface area contributed by atoms with Gasteiger partial charge in [-0.3, -0.25) is 5.41 Å². The van der Waals surface area contributed by atoms with Gasteiger partial charge >= 0.3 is 10.1 Å². The first kappa shape index (κ1) is 23.4. The fourth-order valence-electron chi connectivity index (χ4n) is 2.37. The molecule has 0 aliphatic heterocycles. The standard InChI is InChI=1S/C18H21BrN4O6S/c1-11-5-7-13(8-6-11)30(24,25)29-23(18(20)21)22-10-12-9-14(19)16(27-3)17(28-4)15(12)26-2/h5-10H,1-4H3,(H3,20,21). The summed E-state index contributed by atoms with van der Waals surface area (Å²) in [6.07, 6.45) is 1.21. The highest BCUT2D eigenvalue weighted by atomic mass is 79.9. The van der Waals surface area contributed by atoms with Crippen molar-refractivity contribution in [2.75, 3.05) is 21.3 Å². The molecule has 0 saturated heterocycles. The molecule has 10 nitrogen and oxygen atoms in total. The SMILES string of the molecule is COc1c(Br)cc(C=NN(OS(=O)(=O)c2ccc(C)cc2)C(=N)N)c(OC)c1OC. The van der Waals surface area contributed by atoms with E-state index in [1.54, 1.807) is 18.2 Å². The normalized spacial score (nSPS) is 11.4. The Morgan fingerprint density at radius 2 is 1.67 bits per heavy atom. The van der Waals surface area contributed by atoms with Crippen molar-refractivity contribution < 1.29 is 26.9 Å². The van der Waals surface area contributed by atoms with Crippen LogP contribution in [0.4, 0.5) is 0 Å². The Hall–Kier alpha value is -2.83. The molecule has 0 unspecified atom stereocenters. The van der Waals surface area contributed by atoms with Crippen molar-refractivity contribution in [3.63, 3.8) is 0 Å². The predicted molar refractivity (Wildman–Crippen MR) is 115 cm³/mol. The average molecular weight is 501 g/mol. The summed E-state index contributed by atoms with van der Waals surface area (Å²) in [5.74, 6) is 0.207. The molecule has 162 valence electrons. The summed E-state index contributed by atoms with van der Waals surface area (Å²) < 4.78 is 46.4. The number of halogens is 1. The van der Waals surface area contributed by atoms with E-state index in [-0.39, 0.29) is 10.6 Å². The molecule has 0 saturated carbocycles. The molecule has 0 heterocycles. The molecule has 0 bridgehead atoms. The molecule has 0 aliphatic carbocycles.